The van der Waals surface area contributed by atoms with Crippen LogP contribution in [0.1, 0.15) is 47.4 Å². The number of rotatable bonds is 7. The average molecular weight is 485 g/mol. The maximum Gasteiger partial charge on any atom is 0.513 e. The summed E-state index contributed by atoms with van der Waals surface area (Å²) in [5.41, 5.74) is 0.915. The van der Waals surface area contributed by atoms with Crippen molar-refractivity contribution < 1.29 is 38.1 Å². The summed E-state index contributed by atoms with van der Waals surface area (Å²) in [6.07, 6.45) is -0.361. The van der Waals surface area contributed by atoms with Gasteiger partial charge in [0.05, 0.1) is 13.2 Å². The zero-order valence-electron chi connectivity index (χ0n) is 19.7. The molecule has 2 amide bonds. The third kappa shape index (κ3) is 7.46. The van der Waals surface area contributed by atoms with Gasteiger partial charge in [-0.2, -0.15) is 0 Å². The minimum atomic E-state index is -0.799. The molecule has 0 unspecified atom stereocenters. The Kier molecular flexibility index (Phi) is 9.05. The first kappa shape index (κ1) is 25.5. The van der Waals surface area contributed by atoms with Gasteiger partial charge in [-0.3, -0.25) is 9.59 Å². The normalized spacial score (nSPS) is 13.5. The van der Waals surface area contributed by atoms with Crippen LogP contribution in [0.25, 0.3) is 0 Å². The molecule has 1 fully saturated rings. The van der Waals surface area contributed by atoms with Crippen LogP contribution in [0.3, 0.4) is 0 Å². The molecule has 1 saturated heterocycles. The van der Waals surface area contributed by atoms with E-state index < -0.39 is 12.3 Å². The van der Waals surface area contributed by atoms with Crippen LogP contribution in [-0.2, 0) is 9.47 Å². The molecule has 1 N–H and O–H groups in total. The van der Waals surface area contributed by atoms with E-state index in [2.05, 4.69) is 5.32 Å². The van der Waals surface area contributed by atoms with Crippen LogP contribution in [0.5, 0.6) is 11.5 Å². The molecular weight excluding hydrogens is 456 g/mol. The largest absolute Gasteiger partial charge is 0.513 e. The Morgan fingerprint density at radius 3 is 1.69 bits per heavy atom. The second-order valence-corrected chi connectivity index (χ2v) is 7.66. The molecule has 0 atom stereocenters. The first-order valence-corrected chi connectivity index (χ1v) is 11.4. The Morgan fingerprint density at radius 2 is 1.23 bits per heavy atom. The molecule has 0 aliphatic carbocycles. The van der Waals surface area contributed by atoms with Gasteiger partial charge in [0.1, 0.15) is 11.5 Å². The van der Waals surface area contributed by atoms with E-state index in [0.717, 1.165) is 0 Å². The highest BCUT2D eigenvalue weighted by Crippen LogP contribution is 2.18. The van der Waals surface area contributed by atoms with Crippen molar-refractivity contribution in [2.24, 2.45) is 0 Å². The van der Waals surface area contributed by atoms with E-state index >= 15 is 0 Å². The molecule has 10 nitrogen and oxygen atoms in total. The van der Waals surface area contributed by atoms with Gasteiger partial charge >= 0.3 is 12.3 Å². The summed E-state index contributed by atoms with van der Waals surface area (Å²) in [6.45, 7) is 4.78. The van der Waals surface area contributed by atoms with Crippen molar-refractivity contribution in [3.63, 3.8) is 0 Å². The maximum atomic E-state index is 12.8. The first-order valence-electron chi connectivity index (χ1n) is 11.4. The molecular formula is C25H28N2O8. The van der Waals surface area contributed by atoms with E-state index in [1.807, 2.05) is 0 Å². The fourth-order valence-electron chi connectivity index (χ4n) is 3.51. The van der Waals surface area contributed by atoms with Gasteiger partial charge in [-0.15, -0.1) is 0 Å². The average Bonchev–Trinajstić information content (AvgIpc) is 2.85. The summed E-state index contributed by atoms with van der Waals surface area (Å²) >= 11 is 0. The number of amides is 2. The molecule has 0 aromatic heterocycles. The molecule has 1 aliphatic rings. The van der Waals surface area contributed by atoms with E-state index in [-0.39, 0.29) is 36.8 Å². The summed E-state index contributed by atoms with van der Waals surface area (Å²) < 4.78 is 19.4. The Bertz CT molecular complexity index is 1030. The number of nitrogens with zero attached hydrogens (tertiary/aromatic N) is 1. The lowest BCUT2D eigenvalue weighted by molar-refractivity contribution is 0.0697. The van der Waals surface area contributed by atoms with Crippen molar-refractivity contribution in [1.82, 2.24) is 10.2 Å². The Morgan fingerprint density at radius 1 is 0.771 bits per heavy atom. The fourth-order valence-corrected chi connectivity index (χ4v) is 3.51. The molecule has 1 heterocycles. The zero-order valence-corrected chi connectivity index (χ0v) is 19.7. The molecule has 3 rings (SSSR count). The lowest BCUT2D eigenvalue weighted by Crippen LogP contribution is -2.46. The number of carbonyl (C=O) groups is 4. The van der Waals surface area contributed by atoms with Gasteiger partial charge in [-0.25, -0.2) is 9.59 Å². The second kappa shape index (κ2) is 12.4. The molecule has 10 heteroatoms. The highest BCUT2D eigenvalue weighted by Gasteiger charge is 2.25. The lowest BCUT2D eigenvalue weighted by atomic mass is 10.0. The minimum absolute atomic E-state index is 0.0673. The Hall–Kier alpha value is -4.08. The van der Waals surface area contributed by atoms with Gasteiger partial charge < -0.3 is 29.2 Å². The predicted molar refractivity (Wildman–Crippen MR) is 125 cm³/mol. The van der Waals surface area contributed by atoms with Crippen LogP contribution >= 0.6 is 0 Å². The highest BCUT2D eigenvalue weighted by molar-refractivity contribution is 5.95. The van der Waals surface area contributed by atoms with Crippen LogP contribution in [0.4, 0.5) is 9.59 Å². The van der Waals surface area contributed by atoms with Crippen molar-refractivity contribution in [3.05, 3.63) is 59.7 Å². The number of likely N-dealkylation sites (tertiary alicyclic amines) is 1. The van der Waals surface area contributed by atoms with Crippen molar-refractivity contribution in [3.8, 4) is 11.5 Å². The summed E-state index contributed by atoms with van der Waals surface area (Å²) in [6, 6.07) is 12.4. The molecule has 1 aliphatic heterocycles. The lowest BCUT2D eigenvalue weighted by Gasteiger charge is -2.32. The number of benzene rings is 2. The van der Waals surface area contributed by atoms with Crippen LogP contribution in [0, 0.1) is 0 Å². The van der Waals surface area contributed by atoms with E-state index in [4.69, 9.17) is 18.9 Å². The summed E-state index contributed by atoms with van der Waals surface area (Å²) in [5.74, 6) is 0.207. The molecule has 0 radical (unpaired) electrons. The molecule has 35 heavy (non-hydrogen) atoms. The van der Waals surface area contributed by atoms with Crippen molar-refractivity contribution >= 4 is 24.1 Å². The monoisotopic (exact) mass is 484 g/mol. The van der Waals surface area contributed by atoms with Crippen molar-refractivity contribution in [1.29, 1.82) is 0 Å². The van der Waals surface area contributed by atoms with Crippen LogP contribution < -0.4 is 14.8 Å². The number of hydrogen-bond acceptors (Lipinski definition) is 8. The van der Waals surface area contributed by atoms with Gasteiger partial charge in [-0.1, -0.05) is 0 Å². The van der Waals surface area contributed by atoms with Crippen molar-refractivity contribution in [2.45, 2.75) is 32.7 Å². The van der Waals surface area contributed by atoms with Crippen LogP contribution in [-0.4, -0.2) is 61.4 Å². The molecule has 186 valence electrons. The maximum absolute atomic E-state index is 12.8. The van der Waals surface area contributed by atoms with Gasteiger partial charge in [-0.05, 0) is 75.2 Å². The number of nitrogens with one attached hydrogen (secondary N) is 1. The molecule has 0 saturated carbocycles. The van der Waals surface area contributed by atoms with Gasteiger partial charge in [0, 0.05) is 30.3 Å². The third-order valence-electron chi connectivity index (χ3n) is 5.26. The topological polar surface area (TPSA) is 120 Å². The van der Waals surface area contributed by atoms with E-state index in [1.165, 1.54) is 12.1 Å². The van der Waals surface area contributed by atoms with Gasteiger partial charge in [0.15, 0.2) is 0 Å². The molecule has 2 aromatic rings. The van der Waals surface area contributed by atoms with Gasteiger partial charge in [0.2, 0.25) is 0 Å². The van der Waals surface area contributed by atoms with Crippen LogP contribution in [0.2, 0.25) is 0 Å². The second-order valence-electron chi connectivity index (χ2n) is 7.66. The van der Waals surface area contributed by atoms with Gasteiger partial charge in [0.25, 0.3) is 11.8 Å². The molecule has 0 bridgehead atoms. The first-order chi connectivity index (χ1) is 16.9. The quantitative estimate of drug-likeness (QED) is 0.466. The van der Waals surface area contributed by atoms with E-state index in [9.17, 15) is 19.2 Å². The summed E-state index contributed by atoms with van der Waals surface area (Å²) in [7, 11) is 0. The van der Waals surface area contributed by atoms with E-state index in [0.29, 0.717) is 42.8 Å². The Balaban J connectivity index is 1.46. The fraction of sp³-hybridized carbons (Fsp3) is 0.360. The number of piperidine rings is 1. The van der Waals surface area contributed by atoms with Crippen molar-refractivity contribution in [2.75, 3.05) is 26.3 Å². The smallest absolute Gasteiger partial charge is 0.434 e. The SMILES string of the molecule is CCOC(=O)Oc1ccc(C(=O)NC2CCN(C(=O)c3ccc(OC(=O)OCC)cc3)CC2)cc1. The third-order valence-corrected chi connectivity index (χ3v) is 5.26. The summed E-state index contributed by atoms with van der Waals surface area (Å²) in [5, 5.41) is 2.98. The Labute approximate surface area is 203 Å². The minimum Gasteiger partial charge on any atom is -0.434 e. The van der Waals surface area contributed by atoms with Crippen LogP contribution in [0.15, 0.2) is 48.5 Å². The molecule has 0 spiro atoms. The summed E-state index contributed by atoms with van der Waals surface area (Å²) in [4.78, 5) is 49.8. The number of ether oxygens (including phenoxy) is 4. The number of carbonyl (C=O) groups excluding carboxylic acids is 4. The zero-order chi connectivity index (χ0) is 25.2. The van der Waals surface area contributed by atoms with E-state index in [1.54, 1.807) is 55.1 Å². The molecule has 2 aromatic carbocycles. The number of hydrogen-bond donors (Lipinski definition) is 1. The predicted octanol–water partition coefficient (Wildman–Crippen LogP) is 3.79. The highest BCUT2D eigenvalue weighted by atomic mass is 16.7. The standard InChI is InChI=1S/C25H28N2O8/c1-3-32-24(30)34-20-9-5-17(6-10-20)22(28)26-19-13-15-27(16-14-19)23(29)18-7-11-21(12-8-18)35-25(31)33-4-2/h5-12,19H,3-4,13-16H2,1-2H3,(H,26,28).